The molecule has 2 aromatic heterocycles. The predicted octanol–water partition coefficient (Wildman–Crippen LogP) is 2.21. The predicted molar refractivity (Wildman–Crippen MR) is 81.5 cm³/mol. The van der Waals surface area contributed by atoms with Gasteiger partial charge in [-0.2, -0.15) is 0 Å². The van der Waals surface area contributed by atoms with Crippen LogP contribution < -0.4 is 5.32 Å². The minimum atomic E-state index is -0.141. The molecule has 2 aromatic rings. The van der Waals surface area contributed by atoms with E-state index in [2.05, 4.69) is 10.5 Å². The zero-order valence-corrected chi connectivity index (χ0v) is 12.9. The first-order valence-electron chi connectivity index (χ1n) is 7.27. The van der Waals surface area contributed by atoms with Crippen LogP contribution in [0.5, 0.6) is 0 Å². The maximum Gasteiger partial charge on any atom is 0.246 e. The second-order valence-corrected chi connectivity index (χ2v) is 6.04. The summed E-state index contributed by atoms with van der Waals surface area (Å²) in [7, 11) is 0. The van der Waals surface area contributed by atoms with Gasteiger partial charge >= 0.3 is 0 Å². The van der Waals surface area contributed by atoms with Crippen LogP contribution in [0.1, 0.15) is 18.5 Å². The second-order valence-electron chi connectivity index (χ2n) is 5.09. The van der Waals surface area contributed by atoms with Crippen LogP contribution in [-0.2, 0) is 20.9 Å². The van der Waals surface area contributed by atoms with E-state index in [1.165, 1.54) is 0 Å². The second kappa shape index (κ2) is 7.53. The molecule has 3 rings (SSSR count). The number of carbonyl (C=O) groups excluding carboxylic acids is 1. The molecule has 1 aliphatic heterocycles. The van der Waals surface area contributed by atoms with E-state index in [0.717, 1.165) is 30.1 Å². The van der Waals surface area contributed by atoms with E-state index < -0.39 is 0 Å². The van der Waals surface area contributed by atoms with Gasteiger partial charge in [0.05, 0.1) is 17.6 Å². The number of ether oxygens (including phenoxy) is 2. The van der Waals surface area contributed by atoms with Crippen molar-refractivity contribution in [3.05, 3.63) is 29.3 Å². The topological polar surface area (TPSA) is 73.6 Å². The highest BCUT2D eigenvalue weighted by Gasteiger charge is 2.16. The van der Waals surface area contributed by atoms with Crippen molar-refractivity contribution in [1.29, 1.82) is 0 Å². The molecule has 3 heterocycles. The van der Waals surface area contributed by atoms with Gasteiger partial charge in [0.1, 0.15) is 12.3 Å². The van der Waals surface area contributed by atoms with Crippen molar-refractivity contribution >= 4 is 17.2 Å². The Kier molecular flexibility index (Phi) is 5.20. The van der Waals surface area contributed by atoms with E-state index in [1.54, 1.807) is 11.3 Å². The van der Waals surface area contributed by atoms with Crippen LogP contribution in [-0.4, -0.2) is 36.9 Å². The van der Waals surface area contributed by atoms with Crippen LogP contribution in [0, 0.1) is 0 Å². The third kappa shape index (κ3) is 4.16. The summed E-state index contributed by atoms with van der Waals surface area (Å²) < 4.78 is 16.0. The van der Waals surface area contributed by atoms with Gasteiger partial charge in [0.25, 0.3) is 0 Å². The van der Waals surface area contributed by atoms with E-state index >= 15 is 0 Å². The lowest BCUT2D eigenvalue weighted by Gasteiger charge is -2.10. The zero-order chi connectivity index (χ0) is 15.2. The van der Waals surface area contributed by atoms with Crippen molar-refractivity contribution in [2.75, 3.05) is 19.8 Å². The Bertz CT molecular complexity index is 590. The maximum atomic E-state index is 11.6. The van der Waals surface area contributed by atoms with E-state index in [4.69, 9.17) is 14.0 Å². The molecule has 0 unspecified atom stereocenters. The van der Waals surface area contributed by atoms with Gasteiger partial charge in [0, 0.05) is 19.2 Å². The minimum absolute atomic E-state index is 0.00785. The number of carbonyl (C=O) groups is 1. The van der Waals surface area contributed by atoms with Crippen LogP contribution in [0.3, 0.4) is 0 Å². The van der Waals surface area contributed by atoms with Crippen LogP contribution in [0.4, 0.5) is 0 Å². The summed E-state index contributed by atoms with van der Waals surface area (Å²) in [6.45, 7) is 1.60. The molecular weight excluding hydrogens is 304 g/mol. The summed E-state index contributed by atoms with van der Waals surface area (Å²) in [6, 6.07) is 5.75. The summed E-state index contributed by atoms with van der Waals surface area (Å²) in [5, 5.41) is 8.72. The molecular formula is C15H18N2O4S. The molecule has 0 radical (unpaired) electrons. The Balaban J connectivity index is 1.36. The number of nitrogens with one attached hydrogen (secondary N) is 1. The van der Waals surface area contributed by atoms with Crippen molar-refractivity contribution in [2.24, 2.45) is 0 Å². The first-order chi connectivity index (χ1) is 10.8. The maximum absolute atomic E-state index is 11.6. The molecule has 22 heavy (non-hydrogen) atoms. The Morgan fingerprint density at radius 2 is 2.50 bits per heavy atom. The molecule has 0 aliphatic carbocycles. The lowest BCUT2D eigenvalue weighted by Crippen LogP contribution is -2.34. The van der Waals surface area contributed by atoms with Crippen molar-refractivity contribution in [3.8, 4) is 10.6 Å². The summed E-state index contributed by atoms with van der Waals surface area (Å²) in [5.41, 5.74) is 0.676. The van der Waals surface area contributed by atoms with Gasteiger partial charge in [-0.3, -0.25) is 4.79 Å². The highest BCUT2D eigenvalue weighted by Crippen LogP contribution is 2.25. The summed E-state index contributed by atoms with van der Waals surface area (Å²) in [6.07, 6.45) is 2.22. The normalized spacial score (nSPS) is 17.7. The molecule has 1 fully saturated rings. The van der Waals surface area contributed by atoms with Gasteiger partial charge in [-0.05, 0) is 24.3 Å². The number of nitrogens with zero attached hydrogens (tertiary/aromatic N) is 1. The van der Waals surface area contributed by atoms with Crippen LogP contribution in [0.2, 0.25) is 0 Å². The summed E-state index contributed by atoms with van der Waals surface area (Å²) >= 11 is 1.59. The molecule has 1 saturated heterocycles. The fourth-order valence-corrected chi connectivity index (χ4v) is 2.92. The van der Waals surface area contributed by atoms with Crippen molar-refractivity contribution in [1.82, 2.24) is 10.5 Å². The fraction of sp³-hybridized carbons (Fsp3) is 0.467. The highest BCUT2D eigenvalue weighted by atomic mass is 32.1. The third-order valence-electron chi connectivity index (χ3n) is 3.36. The molecule has 1 N–H and O–H groups in total. The molecule has 6 nitrogen and oxygen atoms in total. The third-order valence-corrected chi connectivity index (χ3v) is 4.24. The molecule has 0 saturated carbocycles. The molecule has 0 spiro atoms. The SMILES string of the molecule is O=C(COCc1cc(-c2cccs2)on1)NC[C@H]1CCCO1. The van der Waals surface area contributed by atoms with Crippen LogP contribution in [0.25, 0.3) is 10.6 Å². The molecule has 1 aliphatic rings. The van der Waals surface area contributed by atoms with Gasteiger partial charge in [-0.25, -0.2) is 0 Å². The summed E-state index contributed by atoms with van der Waals surface area (Å²) in [4.78, 5) is 12.7. The molecule has 0 aromatic carbocycles. The minimum Gasteiger partial charge on any atom is -0.376 e. The van der Waals surface area contributed by atoms with Crippen LogP contribution >= 0.6 is 11.3 Å². The number of aromatic nitrogens is 1. The van der Waals surface area contributed by atoms with E-state index in [0.29, 0.717) is 12.2 Å². The molecule has 1 amide bonds. The molecule has 7 heteroatoms. The molecule has 1 atom stereocenters. The van der Waals surface area contributed by atoms with Crippen molar-refractivity contribution in [3.63, 3.8) is 0 Å². The first kappa shape index (κ1) is 15.2. The Hall–Kier alpha value is -1.70. The summed E-state index contributed by atoms with van der Waals surface area (Å²) in [5.74, 6) is 0.578. The lowest BCUT2D eigenvalue weighted by molar-refractivity contribution is -0.126. The number of amides is 1. The fourth-order valence-electron chi connectivity index (χ4n) is 2.25. The number of thiophene rings is 1. The zero-order valence-electron chi connectivity index (χ0n) is 12.1. The average Bonchev–Trinajstić information content (AvgIpc) is 3.26. The highest BCUT2D eigenvalue weighted by molar-refractivity contribution is 7.13. The Labute approximate surface area is 132 Å². The van der Waals surface area contributed by atoms with Crippen molar-refractivity contribution < 1.29 is 18.8 Å². The van der Waals surface area contributed by atoms with E-state index in [1.807, 2.05) is 23.6 Å². The Morgan fingerprint density at radius 3 is 3.27 bits per heavy atom. The van der Waals surface area contributed by atoms with Gasteiger partial charge < -0.3 is 19.3 Å². The van der Waals surface area contributed by atoms with Crippen molar-refractivity contribution in [2.45, 2.75) is 25.6 Å². The number of rotatable bonds is 7. The monoisotopic (exact) mass is 322 g/mol. The van der Waals surface area contributed by atoms with Crippen LogP contribution in [0.15, 0.2) is 28.1 Å². The molecule has 118 valence electrons. The van der Waals surface area contributed by atoms with Gasteiger partial charge in [-0.15, -0.1) is 11.3 Å². The smallest absolute Gasteiger partial charge is 0.246 e. The average molecular weight is 322 g/mol. The van der Waals surface area contributed by atoms with E-state index in [-0.39, 0.29) is 25.2 Å². The van der Waals surface area contributed by atoms with Gasteiger partial charge in [0.2, 0.25) is 5.91 Å². The first-order valence-corrected chi connectivity index (χ1v) is 8.15. The lowest BCUT2D eigenvalue weighted by atomic mass is 10.2. The Morgan fingerprint density at radius 1 is 1.55 bits per heavy atom. The number of hydrogen-bond donors (Lipinski definition) is 1. The largest absolute Gasteiger partial charge is 0.376 e. The molecule has 0 bridgehead atoms. The van der Waals surface area contributed by atoms with E-state index in [9.17, 15) is 4.79 Å². The van der Waals surface area contributed by atoms with Gasteiger partial charge in [0.15, 0.2) is 5.76 Å². The quantitative estimate of drug-likeness (QED) is 0.846. The van der Waals surface area contributed by atoms with Gasteiger partial charge in [-0.1, -0.05) is 11.2 Å². The standard InChI is InChI=1S/C15H18N2O4S/c18-15(16-8-12-3-1-5-20-12)10-19-9-11-7-13(21-17-11)14-4-2-6-22-14/h2,4,6-7,12H,1,3,5,8-10H2,(H,16,18)/t12-/m1/s1. The number of hydrogen-bond acceptors (Lipinski definition) is 6.